The van der Waals surface area contributed by atoms with Gasteiger partial charge < -0.3 is 10.5 Å². The highest BCUT2D eigenvalue weighted by atomic mass is 35.5. The minimum atomic E-state index is -0.0553. The third-order valence-electron chi connectivity index (χ3n) is 2.22. The van der Waals surface area contributed by atoms with Crippen LogP contribution in [0.15, 0.2) is 18.2 Å². The summed E-state index contributed by atoms with van der Waals surface area (Å²) < 4.78 is 5.66. The molecule has 1 aromatic rings. The minimum Gasteiger partial charge on any atom is -0.493 e. The monoisotopic (exact) mass is 227 g/mol. The molecular weight excluding hydrogens is 210 g/mol. The van der Waals surface area contributed by atoms with E-state index in [0.29, 0.717) is 5.02 Å². The molecule has 1 atom stereocenters. The number of benzene rings is 1. The second-order valence-corrected chi connectivity index (χ2v) is 4.11. The number of hydrogen-bond acceptors (Lipinski definition) is 2. The first-order chi connectivity index (χ1) is 7.15. The van der Waals surface area contributed by atoms with Gasteiger partial charge in [-0.05, 0) is 31.5 Å². The van der Waals surface area contributed by atoms with Gasteiger partial charge in [0.25, 0.3) is 0 Å². The van der Waals surface area contributed by atoms with E-state index in [9.17, 15) is 0 Å². The molecule has 2 N–H and O–H groups in total. The Bertz CT molecular complexity index is 312. The molecule has 0 spiro atoms. The van der Waals surface area contributed by atoms with Crippen molar-refractivity contribution in [2.75, 3.05) is 6.61 Å². The fraction of sp³-hybridized carbons (Fsp3) is 0.500. The summed E-state index contributed by atoms with van der Waals surface area (Å²) >= 11 is 5.91. The maximum Gasteiger partial charge on any atom is 0.124 e. The predicted octanol–water partition coefficient (Wildman–Crippen LogP) is 3.54. The van der Waals surface area contributed by atoms with Gasteiger partial charge in [0.2, 0.25) is 0 Å². The number of rotatable bonds is 5. The van der Waals surface area contributed by atoms with Crippen molar-refractivity contribution in [3.05, 3.63) is 28.8 Å². The van der Waals surface area contributed by atoms with Crippen molar-refractivity contribution < 1.29 is 4.74 Å². The molecule has 0 fully saturated rings. The zero-order valence-corrected chi connectivity index (χ0v) is 10.1. The van der Waals surface area contributed by atoms with Crippen molar-refractivity contribution >= 4 is 11.6 Å². The van der Waals surface area contributed by atoms with Crippen LogP contribution in [0.4, 0.5) is 0 Å². The number of ether oxygens (including phenoxy) is 1. The molecule has 15 heavy (non-hydrogen) atoms. The lowest BCUT2D eigenvalue weighted by molar-refractivity contribution is 0.305. The van der Waals surface area contributed by atoms with Gasteiger partial charge in [-0.3, -0.25) is 0 Å². The molecule has 0 aliphatic heterocycles. The van der Waals surface area contributed by atoms with E-state index in [1.165, 1.54) is 0 Å². The summed E-state index contributed by atoms with van der Waals surface area (Å²) in [5.74, 6) is 0.850. The highest BCUT2D eigenvalue weighted by Crippen LogP contribution is 2.27. The topological polar surface area (TPSA) is 35.2 Å². The van der Waals surface area contributed by atoms with Crippen molar-refractivity contribution in [3.63, 3.8) is 0 Å². The summed E-state index contributed by atoms with van der Waals surface area (Å²) in [5, 5.41) is 0.699. The average Bonchev–Trinajstić information content (AvgIpc) is 2.20. The largest absolute Gasteiger partial charge is 0.493 e. The van der Waals surface area contributed by atoms with Crippen LogP contribution in [-0.4, -0.2) is 6.61 Å². The van der Waals surface area contributed by atoms with Gasteiger partial charge in [0.1, 0.15) is 5.75 Å². The maximum absolute atomic E-state index is 5.91. The van der Waals surface area contributed by atoms with Crippen LogP contribution in [0.5, 0.6) is 5.75 Å². The van der Waals surface area contributed by atoms with Crippen LogP contribution in [-0.2, 0) is 0 Å². The van der Waals surface area contributed by atoms with Gasteiger partial charge in [0.15, 0.2) is 0 Å². The minimum absolute atomic E-state index is 0.0553. The fourth-order valence-corrected chi connectivity index (χ4v) is 1.51. The van der Waals surface area contributed by atoms with Crippen molar-refractivity contribution in [1.82, 2.24) is 0 Å². The van der Waals surface area contributed by atoms with E-state index < -0.39 is 0 Å². The molecule has 0 aromatic heterocycles. The van der Waals surface area contributed by atoms with Gasteiger partial charge in [-0.25, -0.2) is 0 Å². The lowest BCUT2D eigenvalue weighted by Gasteiger charge is -2.14. The first-order valence-corrected chi connectivity index (χ1v) is 5.70. The zero-order chi connectivity index (χ0) is 11.3. The van der Waals surface area contributed by atoms with Crippen molar-refractivity contribution in [2.24, 2.45) is 5.73 Å². The molecular formula is C12H18ClNO. The zero-order valence-electron chi connectivity index (χ0n) is 9.29. The van der Waals surface area contributed by atoms with Crippen molar-refractivity contribution in [3.8, 4) is 5.75 Å². The molecule has 2 nitrogen and oxygen atoms in total. The van der Waals surface area contributed by atoms with Crippen LogP contribution in [0, 0.1) is 0 Å². The van der Waals surface area contributed by atoms with E-state index in [2.05, 4.69) is 6.92 Å². The summed E-state index contributed by atoms with van der Waals surface area (Å²) in [4.78, 5) is 0. The normalized spacial score (nSPS) is 12.5. The molecule has 84 valence electrons. The predicted molar refractivity (Wildman–Crippen MR) is 64.5 cm³/mol. The molecule has 0 aliphatic carbocycles. The Hall–Kier alpha value is -0.730. The highest BCUT2D eigenvalue weighted by molar-refractivity contribution is 6.30. The third-order valence-corrected chi connectivity index (χ3v) is 2.45. The van der Waals surface area contributed by atoms with Crippen LogP contribution in [0.3, 0.4) is 0 Å². The summed E-state index contributed by atoms with van der Waals surface area (Å²) in [6.45, 7) is 4.80. The first kappa shape index (κ1) is 12.3. The third kappa shape index (κ3) is 3.73. The Morgan fingerprint density at radius 3 is 2.80 bits per heavy atom. The summed E-state index contributed by atoms with van der Waals surface area (Å²) in [7, 11) is 0. The number of halogens is 1. The van der Waals surface area contributed by atoms with Crippen LogP contribution >= 0.6 is 11.6 Å². The molecule has 0 bridgehead atoms. The fourth-order valence-electron chi connectivity index (χ4n) is 1.33. The summed E-state index contributed by atoms with van der Waals surface area (Å²) in [5.41, 5.74) is 6.82. The van der Waals surface area contributed by atoms with E-state index in [1.54, 1.807) is 0 Å². The molecule has 0 radical (unpaired) electrons. The molecule has 0 amide bonds. The Labute approximate surface area is 96.4 Å². The van der Waals surface area contributed by atoms with Gasteiger partial charge in [-0.2, -0.15) is 0 Å². The Balaban J connectivity index is 2.77. The van der Waals surface area contributed by atoms with E-state index in [0.717, 1.165) is 30.8 Å². The maximum atomic E-state index is 5.91. The molecule has 0 saturated heterocycles. The summed E-state index contributed by atoms with van der Waals surface area (Å²) in [6.07, 6.45) is 2.18. The van der Waals surface area contributed by atoms with Crippen LogP contribution in [0.25, 0.3) is 0 Å². The molecule has 0 heterocycles. The lowest BCUT2D eigenvalue weighted by atomic mass is 10.1. The molecule has 1 rings (SSSR count). The SMILES string of the molecule is CCCCOc1ccc(Cl)cc1C(C)N. The van der Waals surface area contributed by atoms with Crippen LogP contribution < -0.4 is 10.5 Å². The molecule has 0 saturated carbocycles. The number of hydrogen-bond donors (Lipinski definition) is 1. The Morgan fingerprint density at radius 2 is 2.20 bits per heavy atom. The molecule has 0 aliphatic rings. The molecule has 3 heteroatoms. The van der Waals surface area contributed by atoms with Gasteiger partial charge in [-0.15, -0.1) is 0 Å². The van der Waals surface area contributed by atoms with E-state index in [4.69, 9.17) is 22.1 Å². The Kier molecular flexibility index (Phi) is 4.92. The lowest BCUT2D eigenvalue weighted by Crippen LogP contribution is -2.08. The smallest absolute Gasteiger partial charge is 0.124 e. The molecule has 1 aromatic carbocycles. The Morgan fingerprint density at radius 1 is 1.47 bits per heavy atom. The second-order valence-electron chi connectivity index (χ2n) is 3.67. The van der Waals surface area contributed by atoms with E-state index >= 15 is 0 Å². The van der Waals surface area contributed by atoms with Crippen LogP contribution in [0.1, 0.15) is 38.3 Å². The molecule has 1 unspecified atom stereocenters. The first-order valence-electron chi connectivity index (χ1n) is 5.33. The van der Waals surface area contributed by atoms with E-state index in [-0.39, 0.29) is 6.04 Å². The number of unbranched alkanes of at least 4 members (excludes halogenated alkanes) is 1. The average molecular weight is 228 g/mol. The van der Waals surface area contributed by atoms with Gasteiger partial charge in [0.05, 0.1) is 6.61 Å². The van der Waals surface area contributed by atoms with Gasteiger partial charge in [-0.1, -0.05) is 24.9 Å². The van der Waals surface area contributed by atoms with Crippen molar-refractivity contribution in [1.29, 1.82) is 0 Å². The van der Waals surface area contributed by atoms with Crippen molar-refractivity contribution in [2.45, 2.75) is 32.7 Å². The highest BCUT2D eigenvalue weighted by Gasteiger charge is 2.08. The van der Waals surface area contributed by atoms with Gasteiger partial charge in [0, 0.05) is 16.6 Å². The van der Waals surface area contributed by atoms with E-state index in [1.807, 2.05) is 25.1 Å². The van der Waals surface area contributed by atoms with Crippen LogP contribution in [0.2, 0.25) is 5.02 Å². The number of nitrogens with two attached hydrogens (primary N) is 1. The quantitative estimate of drug-likeness (QED) is 0.781. The van der Waals surface area contributed by atoms with Gasteiger partial charge >= 0.3 is 0 Å². The summed E-state index contributed by atoms with van der Waals surface area (Å²) in [6, 6.07) is 5.53. The standard InChI is InChI=1S/C12H18ClNO/c1-3-4-7-15-12-6-5-10(13)8-11(12)9(2)14/h5-6,8-9H,3-4,7,14H2,1-2H3. The second kappa shape index (κ2) is 5.99.